The van der Waals surface area contributed by atoms with Gasteiger partial charge in [-0.25, -0.2) is 4.39 Å². The van der Waals surface area contributed by atoms with Crippen molar-refractivity contribution in [3.63, 3.8) is 0 Å². The van der Waals surface area contributed by atoms with Gasteiger partial charge in [0.05, 0.1) is 19.6 Å². The predicted molar refractivity (Wildman–Crippen MR) is 97.1 cm³/mol. The fraction of sp³-hybridized carbons (Fsp3) is 0.300. The zero-order valence-corrected chi connectivity index (χ0v) is 15.4. The fourth-order valence-corrected chi connectivity index (χ4v) is 2.37. The molecule has 156 valence electrons. The number of nitrogens with one attached hydrogen (secondary N) is 2. The van der Waals surface area contributed by atoms with Gasteiger partial charge in [-0.15, -0.1) is 0 Å². The average Bonchev–Trinajstić information content (AvgIpc) is 2.65. The molecular weight excluding hydrogens is 392 g/mol. The Hall–Kier alpha value is -2.94. The highest BCUT2D eigenvalue weighted by atomic mass is 19.4. The van der Waals surface area contributed by atoms with Gasteiger partial charge in [-0.1, -0.05) is 36.4 Å². The Bertz CT molecular complexity index is 823. The van der Waals surface area contributed by atoms with Gasteiger partial charge in [0.1, 0.15) is 12.4 Å². The van der Waals surface area contributed by atoms with E-state index in [0.29, 0.717) is 11.1 Å². The Balaban J connectivity index is 1.67. The van der Waals surface area contributed by atoms with Crippen LogP contribution in [-0.4, -0.2) is 31.1 Å². The number of ether oxygens (including phenoxy) is 1. The van der Waals surface area contributed by atoms with Crippen molar-refractivity contribution < 1.29 is 31.9 Å². The summed E-state index contributed by atoms with van der Waals surface area (Å²) in [5, 5.41) is 5.07. The number of hydrogen-bond donors (Lipinski definition) is 2. The molecule has 9 heteroatoms. The van der Waals surface area contributed by atoms with Gasteiger partial charge in [-0.05, 0) is 28.8 Å². The molecule has 0 bridgehead atoms. The van der Waals surface area contributed by atoms with E-state index in [4.69, 9.17) is 0 Å². The second-order valence-corrected chi connectivity index (χ2v) is 6.28. The first-order valence-electron chi connectivity index (χ1n) is 8.71. The first-order chi connectivity index (χ1) is 13.7. The third-order valence-corrected chi connectivity index (χ3v) is 3.75. The fourth-order valence-electron chi connectivity index (χ4n) is 2.37. The summed E-state index contributed by atoms with van der Waals surface area (Å²) >= 11 is 0. The molecule has 0 aliphatic heterocycles. The largest absolute Gasteiger partial charge is 0.411 e. The Labute approximate surface area is 165 Å². The van der Waals surface area contributed by atoms with Crippen molar-refractivity contribution in [3.05, 3.63) is 71.0 Å². The molecule has 2 aromatic carbocycles. The number of alkyl halides is 3. The smallest absolute Gasteiger partial charge is 0.367 e. The van der Waals surface area contributed by atoms with Crippen LogP contribution >= 0.6 is 0 Å². The van der Waals surface area contributed by atoms with E-state index < -0.39 is 30.4 Å². The molecule has 5 nitrogen and oxygen atoms in total. The van der Waals surface area contributed by atoms with Gasteiger partial charge < -0.3 is 15.4 Å². The predicted octanol–water partition coefficient (Wildman–Crippen LogP) is 2.88. The minimum Gasteiger partial charge on any atom is -0.367 e. The van der Waals surface area contributed by atoms with Crippen molar-refractivity contribution in [2.75, 3.05) is 13.2 Å². The van der Waals surface area contributed by atoms with Crippen LogP contribution in [0.4, 0.5) is 17.6 Å². The lowest BCUT2D eigenvalue weighted by atomic mass is 10.1. The number of benzene rings is 2. The van der Waals surface area contributed by atoms with E-state index in [2.05, 4.69) is 15.4 Å². The van der Waals surface area contributed by atoms with Crippen LogP contribution in [0.3, 0.4) is 0 Å². The van der Waals surface area contributed by atoms with E-state index in [9.17, 15) is 27.2 Å². The molecular formula is C20H20F4N2O3. The molecule has 29 heavy (non-hydrogen) atoms. The van der Waals surface area contributed by atoms with E-state index in [1.54, 1.807) is 30.3 Å². The minimum absolute atomic E-state index is 0.0388. The van der Waals surface area contributed by atoms with Gasteiger partial charge in [0.2, 0.25) is 11.8 Å². The molecule has 0 saturated heterocycles. The lowest BCUT2D eigenvalue weighted by molar-refractivity contribution is -0.176. The Morgan fingerprint density at radius 1 is 0.897 bits per heavy atom. The molecule has 0 aromatic heterocycles. The van der Waals surface area contributed by atoms with Crippen molar-refractivity contribution in [3.8, 4) is 0 Å². The van der Waals surface area contributed by atoms with E-state index in [0.717, 1.165) is 5.56 Å². The zero-order valence-electron chi connectivity index (χ0n) is 15.4. The first-order valence-corrected chi connectivity index (χ1v) is 8.71. The minimum atomic E-state index is -4.36. The van der Waals surface area contributed by atoms with E-state index in [-0.39, 0.29) is 26.1 Å². The van der Waals surface area contributed by atoms with Crippen molar-refractivity contribution in [1.29, 1.82) is 0 Å². The maximum Gasteiger partial charge on any atom is 0.411 e. The van der Waals surface area contributed by atoms with Gasteiger partial charge in [0, 0.05) is 6.54 Å². The van der Waals surface area contributed by atoms with Crippen LogP contribution in [0.25, 0.3) is 0 Å². The van der Waals surface area contributed by atoms with Crippen molar-refractivity contribution in [1.82, 2.24) is 10.6 Å². The van der Waals surface area contributed by atoms with Crippen LogP contribution in [0.5, 0.6) is 0 Å². The number of rotatable bonds is 9. The third-order valence-electron chi connectivity index (χ3n) is 3.75. The van der Waals surface area contributed by atoms with E-state index >= 15 is 0 Å². The molecule has 0 unspecified atom stereocenters. The Morgan fingerprint density at radius 2 is 1.59 bits per heavy atom. The first kappa shape index (κ1) is 22.4. The third kappa shape index (κ3) is 9.20. The molecule has 0 atom stereocenters. The second kappa shape index (κ2) is 10.6. The molecule has 0 radical (unpaired) electrons. The number of carbonyl (C=O) groups excluding carboxylic acids is 2. The molecule has 0 saturated carbocycles. The normalized spacial score (nSPS) is 11.2. The molecule has 2 rings (SSSR count). The zero-order chi connectivity index (χ0) is 21.3. The Morgan fingerprint density at radius 3 is 2.24 bits per heavy atom. The summed E-state index contributed by atoms with van der Waals surface area (Å²) in [6, 6.07) is 12.2. The number of amides is 2. The lowest BCUT2D eigenvalue weighted by Gasteiger charge is -2.09. The number of hydrogen-bond acceptors (Lipinski definition) is 3. The monoisotopic (exact) mass is 412 g/mol. The molecule has 2 aromatic rings. The van der Waals surface area contributed by atoms with E-state index in [1.165, 1.54) is 18.2 Å². The van der Waals surface area contributed by atoms with Gasteiger partial charge >= 0.3 is 6.18 Å². The van der Waals surface area contributed by atoms with Crippen LogP contribution in [-0.2, 0) is 33.9 Å². The Kier molecular flexibility index (Phi) is 8.14. The maximum atomic E-state index is 13.1. The summed E-state index contributed by atoms with van der Waals surface area (Å²) in [4.78, 5) is 23.6. The summed E-state index contributed by atoms with van der Waals surface area (Å²) in [6.07, 6.45) is -4.40. The van der Waals surface area contributed by atoms with Gasteiger partial charge in [-0.3, -0.25) is 9.59 Å². The standard InChI is InChI=1S/C20H20F4N2O3/c21-17-3-1-2-16(8-17)9-18(27)26-11-19(28)25-10-14-4-6-15(7-5-14)12-29-13-20(22,23)24/h1-8H,9-13H2,(H,25,28)(H,26,27). The van der Waals surface area contributed by atoms with Crippen molar-refractivity contribution in [2.24, 2.45) is 0 Å². The lowest BCUT2D eigenvalue weighted by Crippen LogP contribution is -2.37. The summed E-state index contributed by atoms with van der Waals surface area (Å²) in [5.41, 5.74) is 1.82. The molecule has 0 fully saturated rings. The second-order valence-electron chi connectivity index (χ2n) is 6.28. The highest BCUT2D eigenvalue weighted by Gasteiger charge is 2.27. The van der Waals surface area contributed by atoms with Gasteiger partial charge in [-0.2, -0.15) is 13.2 Å². The summed E-state index contributed by atoms with van der Waals surface area (Å²) in [6.45, 7) is -1.50. The van der Waals surface area contributed by atoms with E-state index in [1.807, 2.05) is 0 Å². The summed E-state index contributed by atoms with van der Waals surface area (Å²) in [7, 11) is 0. The quantitative estimate of drug-likeness (QED) is 0.623. The number of halogens is 4. The highest BCUT2D eigenvalue weighted by Crippen LogP contribution is 2.15. The van der Waals surface area contributed by atoms with Crippen LogP contribution in [0.2, 0.25) is 0 Å². The highest BCUT2D eigenvalue weighted by molar-refractivity contribution is 5.85. The van der Waals surface area contributed by atoms with Crippen LogP contribution in [0.15, 0.2) is 48.5 Å². The molecule has 0 spiro atoms. The summed E-state index contributed by atoms with van der Waals surface area (Å²) in [5.74, 6) is -1.25. The number of carbonyl (C=O) groups is 2. The topological polar surface area (TPSA) is 67.4 Å². The van der Waals surface area contributed by atoms with Crippen LogP contribution < -0.4 is 10.6 Å². The van der Waals surface area contributed by atoms with Gasteiger partial charge in [0.25, 0.3) is 0 Å². The maximum absolute atomic E-state index is 13.1. The van der Waals surface area contributed by atoms with Gasteiger partial charge in [0.15, 0.2) is 0 Å². The molecule has 0 heterocycles. The summed E-state index contributed by atoms with van der Waals surface area (Å²) < 4.78 is 53.7. The van der Waals surface area contributed by atoms with Crippen LogP contribution in [0, 0.1) is 5.82 Å². The SMILES string of the molecule is O=C(CNC(=O)Cc1cccc(F)c1)NCc1ccc(COCC(F)(F)F)cc1. The molecule has 2 N–H and O–H groups in total. The van der Waals surface area contributed by atoms with Crippen molar-refractivity contribution in [2.45, 2.75) is 25.7 Å². The average molecular weight is 412 g/mol. The van der Waals surface area contributed by atoms with Crippen LogP contribution in [0.1, 0.15) is 16.7 Å². The molecule has 0 aliphatic carbocycles. The molecule has 2 amide bonds. The molecule has 0 aliphatic rings. The van der Waals surface area contributed by atoms with Crippen molar-refractivity contribution >= 4 is 11.8 Å².